The molecule has 1 N–H and O–H groups in total. The van der Waals surface area contributed by atoms with Crippen LogP contribution in [0.5, 0.6) is 0 Å². The summed E-state index contributed by atoms with van der Waals surface area (Å²) in [5.41, 5.74) is 6.27. The quantitative estimate of drug-likeness (QED) is 0.113. The van der Waals surface area contributed by atoms with E-state index in [0.29, 0.717) is 11.6 Å². The number of carbonyl (C=O) groups is 1. The molecule has 1 radical (unpaired) electrons. The summed E-state index contributed by atoms with van der Waals surface area (Å²) in [7, 11) is 0. The third-order valence-electron chi connectivity index (χ3n) is 6.25. The van der Waals surface area contributed by atoms with E-state index in [4.69, 9.17) is 18.9 Å². The van der Waals surface area contributed by atoms with Crippen LogP contribution < -0.4 is 0 Å². The molecule has 0 amide bonds. The van der Waals surface area contributed by atoms with Crippen LogP contribution in [0.25, 0.3) is 55.6 Å². The van der Waals surface area contributed by atoms with Gasteiger partial charge < -0.3 is 13.9 Å². The number of ketones is 1. The zero-order chi connectivity index (χ0) is 26.8. The largest absolute Gasteiger partial charge is 0.512 e. The number of aliphatic hydroxyl groups is 1. The van der Waals surface area contributed by atoms with Gasteiger partial charge in [-0.25, -0.2) is 0 Å². The molecule has 3 aromatic carbocycles. The van der Waals surface area contributed by atoms with Gasteiger partial charge in [-0.1, -0.05) is 79.4 Å². The molecule has 6 heteroatoms. The molecule has 39 heavy (non-hydrogen) atoms. The fourth-order valence-electron chi connectivity index (χ4n) is 4.41. The van der Waals surface area contributed by atoms with Gasteiger partial charge in [-0.3, -0.25) is 9.78 Å². The number of hydrogen-bond donors (Lipinski definition) is 1. The molecule has 3 aromatic heterocycles. The number of benzene rings is 3. The van der Waals surface area contributed by atoms with Crippen molar-refractivity contribution in [1.82, 2.24) is 4.98 Å². The number of nitrogens with zero attached hydrogens (tertiary/aromatic N) is 1. The molecule has 0 spiro atoms. The average molecular weight is 695 g/mol. The van der Waals surface area contributed by atoms with E-state index in [9.17, 15) is 4.79 Å². The molecule has 0 aliphatic carbocycles. The van der Waals surface area contributed by atoms with Crippen LogP contribution in [0.15, 0.2) is 99.5 Å². The van der Waals surface area contributed by atoms with E-state index in [1.54, 1.807) is 0 Å². The van der Waals surface area contributed by atoms with Crippen LogP contribution in [0, 0.1) is 6.07 Å². The van der Waals surface area contributed by atoms with Gasteiger partial charge in [-0.15, -0.1) is 18.2 Å². The standard InChI is InChI=1S/C28H20NO2.C5H8O2.Ir/c1-17(2)18-10-12-19(13-11-18)26-16-20-14-15-24(29-28(20)31-26)23-8-5-7-22-21-6-3-4-9-25(21)30-27(22)23;1-4(6)3-5(2)7;/h3-7,9-17H,1-2H3;3,6H,1-2H3;/q-1;;/b;4-3-;. The van der Waals surface area contributed by atoms with E-state index in [1.807, 2.05) is 48.5 Å². The fourth-order valence-corrected chi connectivity index (χ4v) is 4.41. The van der Waals surface area contributed by atoms with Gasteiger partial charge in [-0.2, -0.15) is 0 Å². The molecule has 5 nitrogen and oxygen atoms in total. The molecule has 0 saturated heterocycles. The van der Waals surface area contributed by atoms with Gasteiger partial charge in [0.1, 0.15) is 11.3 Å². The van der Waals surface area contributed by atoms with Crippen LogP contribution in [-0.4, -0.2) is 15.9 Å². The van der Waals surface area contributed by atoms with E-state index >= 15 is 0 Å². The summed E-state index contributed by atoms with van der Waals surface area (Å²) in [6.07, 6.45) is 1.17. The van der Waals surface area contributed by atoms with E-state index in [1.165, 1.54) is 25.5 Å². The Hall–Kier alpha value is -3.99. The van der Waals surface area contributed by atoms with E-state index in [0.717, 1.165) is 49.9 Å². The predicted octanol–water partition coefficient (Wildman–Crippen LogP) is 9.02. The van der Waals surface area contributed by atoms with Gasteiger partial charge >= 0.3 is 0 Å². The topological polar surface area (TPSA) is 76.5 Å². The Balaban J connectivity index is 0.000000394. The van der Waals surface area contributed by atoms with Gasteiger partial charge in [-0.05, 0) is 43.2 Å². The molecule has 3 heterocycles. The Morgan fingerprint density at radius 2 is 1.69 bits per heavy atom. The molecular formula is C33H28IrNO4-. The maximum Gasteiger partial charge on any atom is 0.217 e. The zero-order valence-electron chi connectivity index (χ0n) is 22.1. The van der Waals surface area contributed by atoms with Crippen molar-refractivity contribution in [2.24, 2.45) is 0 Å². The molecule has 199 valence electrons. The predicted molar refractivity (Wildman–Crippen MR) is 152 cm³/mol. The third kappa shape index (κ3) is 6.03. The Morgan fingerprint density at radius 1 is 0.949 bits per heavy atom. The summed E-state index contributed by atoms with van der Waals surface area (Å²) in [6.45, 7) is 7.24. The number of aromatic nitrogens is 1. The van der Waals surface area contributed by atoms with Crippen LogP contribution in [0.1, 0.15) is 39.2 Å². The summed E-state index contributed by atoms with van der Waals surface area (Å²) in [5, 5.41) is 11.5. The number of hydrogen-bond acceptors (Lipinski definition) is 5. The van der Waals surface area contributed by atoms with Crippen LogP contribution in [0.3, 0.4) is 0 Å². The summed E-state index contributed by atoms with van der Waals surface area (Å²) in [5.74, 6) is 1.26. The second kappa shape index (κ2) is 11.8. The molecule has 0 bridgehead atoms. The molecule has 0 saturated carbocycles. The van der Waals surface area contributed by atoms with Gasteiger partial charge in [0, 0.05) is 42.5 Å². The second-order valence-electron chi connectivity index (χ2n) is 9.57. The Morgan fingerprint density at radius 3 is 2.36 bits per heavy atom. The monoisotopic (exact) mass is 695 g/mol. The first-order valence-corrected chi connectivity index (χ1v) is 12.5. The number of aliphatic hydroxyl groups excluding tert-OH is 1. The van der Waals surface area contributed by atoms with Gasteiger partial charge in [0.05, 0.1) is 11.3 Å². The average Bonchev–Trinajstić information content (AvgIpc) is 3.49. The van der Waals surface area contributed by atoms with Crippen LogP contribution in [-0.2, 0) is 24.9 Å². The summed E-state index contributed by atoms with van der Waals surface area (Å²) < 4.78 is 12.3. The first-order valence-electron chi connectivity index (χ1n) is 12.5. The molecule has 0 atom stereocenters. The zero-order valence-corrected chi connectivity index (χ0v) is 24.5. The van der Waals surface area contributed by atoms with Crippen molar-refractivity contribution in [2.45, 2.75) is 33.6 Å². The second-order valence-corrected chi connectivity index (χ2v) is 9.57. The van der Waals surface area contributed by atoms with Gasteiger partial charge in [0.2, 0.25) is 5.71 Å². The summed E-state index contributed by atoms with van der Waals surface area (Å²) >= 11 is 0. The molecule has 0 aliphatic rings. The molecule has 0 fully saturated rings. The van der Waals surface area contributed by atoms with Gasteiger partial charge in [0.25, 0.3) is 0 Å². The van der Waals surface area contributed by atoms with Crippen LogP contribution >= 0.6 is 0 Å². The first kappa shape index (κ1) is 28.0. The summed E-state index contributed by atoms with van der Waals surface area (Å²) in [6, 6.07) is 30.0. The molecule has 6 rings (SSSR count). The number of fused-ring (bicyclic) bond motifs is 4. The van der Waals surface area contributed by atoms with Crippen molar-refractivity contribution in [3.63, 3.8) is 0 Å². The first-order chi connectivity index (χ1) is 18.3. The number of allylic oxidation sites excluding steroid dienone is 2. The van der Waals surface area contributed by atoms with E-state index in [2.05, 4.69) is 50.2 Å². The van der Waals surface area contributed by atoms with Crippen molar-refractivity contribution < 1.29 is 38.8 Å². The van der Waals surface area contributed by atoms with Crippen LogP contribution in [0.2, 0.25) is 0 Å². The molecule has 0 unspecified atom stereocenters. The minimum Gasteiger partial charge on any atom is -0.512 e. The van der Waals surface area contributed by atoms with Crippen LogP contribution in [0.4, 0.5) is 0 Å². The Kier molecular flexibility index (Phi) is 8.49. The summed E-state index contributed by atoms with van der Waals surface area (Å²) in [4.78, 5) is 14.8. The molecule has 6 aromatic rings. The maximum absolute atomic E-state index is 10.0. The van der Waals surface area contributed by atoms with Crippen molar-refractivity contribution >= 4 is 38.8 Å². The number of furan rings is 2. The van der Waals surface area contributed by atoms with Crippen molar-refractivity contribution in [1.29, 1.82) is 0 Å². The Labute approximate surface area is 240 Å². The van der Waals surface area contributed by atoms with E-state index < -0.39 is 0 Å². The SMILES string of the molecule is CC(=O)/C=C(/C)O.CC(C)c1ccc(-c2cc3ccc(-c4[c-]ccc5c4oc4ccccc45)nc3o2)cc1.[Ir]. The van der Waals surface area contributed by atoms with Crippen molar-refractivity contribution in [2.75, 3.05) is 0 Å². The minimum atomic E-state index is -0.125. The molecule has 0 aliphatic heterocycles. The maximum atomic E-state index is 10.0. The minimum absolute atomic E-state index is 0. The third-order valence-corrected chi connectivity index (χ3v) is 6.25. The molecular weight excluding hydrogens is 667 g/mol. The number of para-hydroxylation sites is 1. The Bertz CT molecular complexity index is 1790. The number of pyridine rings is 1. The fraction of sp³-hybridized carbons (Fsp3) is 0.152. The van der Waals surface area contributed by atoms with Gasteiger partial charge in [0.15, 0.2) is 5.78 Å². The van der Waals surface area contributed by atoms with Crippen molar-refractivity contribution in [3.8, 4) is 22.6 Å². The normalized spacial score (nSPS) is 11.5. The smallest absolute Gasteiger partial charge is 0.217 e. The van der Waals surface area contributed by atoms with E-state index in [-0.39, 0.29) is 31.6 Å². The number of rotatable bonds is 4. The number of carbonyl (C=O) groups excluding carboxylic acids is 1. The van der Waals surface area contributed by atoms with Crippen molar-refractivity contribution in [3.05, 3.63) is 102 Å².